The van der Waals surface area contributed by atoms with E-state index < -0.39 is 10.0 Å². The van der Waals surface area contributed by atoms with Gasteiger partial charge in [-0.2, -0.15) is 0 Å². The molecule has 6 rings (SSSR count). The topological polar surface area (TPSA) is 77.0 Å². The number of hydrogen-bond donors (Lipinski definition) is 1. The summed E-state index contributed by atoms with van der Waals surface area (Å²) in [4.78, 5) is 5.09. The van der Waals surface area contributed by atoms with Gasteiger partial charge < -0.3 is 9.47 Å². The van der Waals surface area contributed by atoms with Gasteiger partial charge in [0.1, 0.15) is 17.3 Å². The Labute approximate surface area is 264 Å². The summed E-state index contributed by atoms with van der Waals surface area (Å²) in [6.45, 7) is 6.56. The van der Waals surface area contributed by atoms with Crippen LogP contribution in [0.5, 0.6) is 11.5 Å². The molecular formula is C38H34N2O4S. The third-order valence-corrected chi connectivity index (χ3v) is 9.15. The third kappa shape index (κ3) is 6.40. The van der Waals surface area contributed by atoms with E-state index in [9.17, 15) is 8.42 Å². The minimum atomic E-state index is -3.83. The lowest BCUT2D eigenvalue weighted by Gasteiger charge is -2.30. The van der Waals surface area contributed by atoms with Gasteiger partial charge in [0, 0.05) is 28.8 Å². The maximum atomic E-state index is 13.3. The summed E-state index contributed by atoms with van der Waals surface area (Å²) in [7, 11) is -3.83. The summed E-state index contributed by atoms with van der Waals surface area (Å²) < 4.78 is 41.6. The molecule has 0 unspecified atom stereocenters. The fourth-order valence-electron chi connectivity index (χ4n) is 5.49. The number of aliphatic imine (C=N–C) groups is 1. The third-order valence-electron chi connectivity index (χ3n) is 7.76. The number of anilines is 1. The van der Waals surface area contributed by atoms with E-state index >= 15 is 0 Å². The molecule has 6 nitrogen and oxygen atoms in total. The minimum absolute atomic E-state index is 0.183. The van der Waals surface area contributed by atoms with Crippen LogP contribution in [0, 0.1) is 13.8 Å². The monoisotopic (exact) mass is 614 g/mol. The van der Waals surface area contributed by atoms with Crippen LogP contribution in [0.3, 0.4) is 0 Å². The summed E-state index contributed by atoms with van der Waals surface area (Å²) in [5, 5.41) is 0. The molecule has 1 atom stereocenters. The molecule has 0 spiro atoms. The first-order valence-corrected chi connectivity index (χ1v) is 16.3. The van der Waals surface area contributed by atoms with Gasteiger partial charge in [-0.3, -0.25) is 9.71 Å². The van der Waals surface area contributed by atoms with E-state index in [0.717, 1.165) is 44.9 Å². The van der Waals surface area contributed by atoms with Crippen molar-refractivity contribution in [2.24, 2.45) is 4.99 Å². The fraction of sp³-hybridized carbons (Fsp3) is 0.132. The number of allylic oxidation sites excluding steroid dienone is 1. The van der Waals surface area contributed by atoms with E-state index in [-0.39, 0.29) is 10.8 Å². The second-order valence-electron chi connectivity index (χ2n) is 10.9. The van der Waals surface area contributed by atoms with Gasteiger partial charge in [-0.25, -0.2) is 8.42 Å². The molecule has 5 aromatic rings. The minimum Gasteiger partial charge on any atom is -0.494 e. The Hall–Kier alpha value is -5.14. The lowest BCUT2D eigenvalue weighted by atomic mass is 9.80. The van der Waals surface area contributed by atoms with Crippen LogP contribution in [0.2, 0.25) is 0 Å². The van der Waals surface area contributed by atoms with Crippen molar-refractivity contribution in [1.82, 2.24) is 0 Å². The van der Waals surface area contributed by atoms with Crippen LogP contribution >= 0.6 is 0 Å². The van der Waals surface area contributed by atoms with E-state index in [1.54, 1.807) is 48.7 Å². The van der Waals surface area contributed by atoms with Gasteiger partial charge in [-0.05, 0) is 86.5 Å². The van der Waals surface area contributed by atoms with Gasteiger partial charge in [-0.15, -0.1) is 0 Å². The van der Waals surface area contributed by atoms with Crippen molar-refractivity contribution in [1.29, 1.82) is 0 Å². The average molecular weight is 615 g/mol. The second-order valence-corrected chi connectivity index (χ2v) is 12.5. The van der Waals surface area contributed by atoms with Gasteiger partial charge in [0.05, 0.1) is 22.9 Å². The Morgan fingerprint density at radius 1 is 0.800 bits per heavy atom. The van der Waals surface area contributed by atoms with E-state index in [4.69, 9.17) is 14.5 Å². The lowest BCUT2D eigenvalue weighted by molar-refractivity contribution is 0.340. The number of sulfonamides is 1. The highest BCUT2D eigenvalue weighted by Crippen LogP contribution is 2.46. The molecule has 45 heavy (non-hydrogen) atoms. The van der Waals surface area contributed by atoms with E-state index in [0.29, 0.717) is 23.7 Å². The smallest absolute Gasteiger partial charge is 0.261 e. The number of nitrogens with one attached hydrogen (secondary N) is 1. The van der Waals surface area contributed by atoms with Crippen LogP contribution in [0.25, 0.3) is 5.76 Å². The van der Waals surface area contributed by atoms with E-state index in [1.807, 2.05) is 74.5 Å². The van der Waals surface area contributed by atoms with Crippen LogP contribution in [0.15, 0.2) is 137 Å². The predicted molar refractivity (Wildman–Crippen MR) is 181 cm³/mol. The molecule has 0 aromatic heterocycles. The first-order chi connectivity index (χ1) is 21.8. The largest absolute Gasteiger partial charge is 0.494 e. The van der Waals surface area contributed by atoms with Gasteiger partial charge in [0.15, 0.2) is 0 Å². The van der Waals surface area contributed by atoms with Crippen LogP contribution in [-0.4, -0.2) is 21.2 Å². The van der Waals surface area contributed by atoms with Crippen molar-refractivity contribution < 1.29 is 17.9 Å². The van der Waals surface area contributed by atoms with Gasteiger partial charge in [-0.1, -0.05) is 72.3 Å². The molecule has 0 aliphatic carbocycles. The zero-order valence-electron chi connectivity index (χ0n) is 25.4. The first kappa shape index (κ1) is 29.9. The molecule has 226 valence electrons. The summed E-state index contributed by atoms with van der Waals surface area (Å²) in [5.41, 5.74) is 6.86. The highest BCUT2D eigenvalue weighted by atomic mass is 32.2. The standard InChI is InChI=1S/C38H34N2O4S/c1-4-43-29-21-19-28(20-22-29)38-33(37(31-12-6-5-11-27(31)3)32-13-7-10-16-36(32)44-38)25-39-34-14-8-9-15-35(34)40-45(41,42)30-23-17-26(2)18-24-30/h5-25,37,40H,4H2,1-3H3/t37-/m0/s1. The van der Waals surface area contributed by atoms with Crippen molar-refractivity contribution in [3.8, 4) is 11.5 Å². The summed E-state index contributed by atoms with van der Waals surface area (Å²) in [5.74, 6) is 2.04. The fourth-order valence-corrected chi connectivity index (χ4v) is 6.56. The van der Waals surface area contributed by atoms with Gasteiger partial charge in [0.25, 0.3) is 10.0 Å². The number of ether oxygens (including phenoxy) is 2. The summed E-state index contributed by atoms with van der Waals surface area (Å²) in [6.07, 6.45) is 1.80. The zero-order valence-corrected chi connectivity index (χ0v) is 26.2. The van der Waals surface area contributed by atoms with Crippen LogP contribution in [0.1, 0.15) is 40.7 Å². The summed E-state index contributed by atoms with van der Waals surface area (Å²) >= 11 is 0. The van der Waals surface area contributed by atoms with Crippen LogP contribution in [0.4, 0.5) is 11.4 Å². The Morgan fingerprint density at radius 3 is 2.20 bits per heavy atom. The van der Waals surface area contributed by atoms with Crippen molar-refractivity contribution in [2.75, 3.05) is 11.3 Å². The molecular weight excluding hydrogens is 580 g/mol. The molecule has 1 heterocycles. The average Bonchev–Trinajstić information content (AvgIpc) is 3.05. The zero-order chi connectivity index (χ0) is 31.4. The number of aryl methyl sites for hydroxylation is 2. The SMILES string of the molecule is CCOc1ccc(C2=C(C=Nc3ccccc3NS(=O)(=O)c3ccc(C)cc3)[C@@H](c3ccccc3C)c3ccccc3O2)cc1. The first-order valence-electron chi connectivity index (χ1n) is 14.9. The van der Waals surface area contributed by atoms with E-state index in [2.05, 4.69) is 29.8 Å². The maximum absolute atomic E-state index is 13.3. The highest BCUT2D eigenvalue weighted by molar-refractivity contribution is 7.92. The lowest BCUT2D eigenvalue weighted by Crippen LogP contribution is -2.18. The normalized spacial score (nSPS) is 14.6. The van der Waals surface area contributed by atoms with Crippen LogP contribution < -0.4 is 14.2 Å². The molecule has 1 N–H and O–H groups in total. The number of para-hydroxylation sites is 3. The number of fused-ring (bicyclic) bond motifs is 1. The van der Waals surface area contributed by atoms with Gasteiger partial charge in [0.2, 0.25) is 0 Å². The molecule has 0 amide bonds. The van der Waals surface area contributed by atoms with Crippen LogP contribution in [-0.2, 0) is 10.0 Å². The number of hydrogen-bond acceptors (Lipinski definition) is 5. The number of rotatable bonds is 9. The molecule has 0 saturated heterocycles. The number of nitrogens with zero attached hydrogens (tertiary/aromatic N) is 1. The molecule has 0 saturated carbocycles. The van der Waals surface area contributed by atoms with Crippen molar-refractivity contribution in [3.05, 3.63) is 155 Å². The molecule has 1 aliphatic rings. The number of benzene rings is 5. The molecule has 1 aliphatic heterocycles. The van der Waals surface area contributed by atoms with Crippen molar-refractivity contribution in [2.45, 2.75) is 31.6 Å². The molecule has 0 bridgehead atoms. The predicted octanol–water partition coefficient (Wildman–Crippen LogP) is 8.84. The molecule has 5 aromatic carbocycles. The second kappa shape index (κ2) is 12.8. The Kier molecular flexibility index (Phi) is 8.54. The Bertz CT molecular complexity index is 2000. The quantitative estimate of drug-likeness (QED) is 0.168. The van der Waals surface area contributed by atoms with E-state index in [1.165, 1.54) is 0 Å². The van der Waals surface area contributed by atoms with Gasteiger partial charge >= 0.3 is 0 Å². The molecule has 0 fully saturated rings. The molecule has 0 radical (unpaired) electrons. The maximum Gasteiger partial charge on any atom is 0.261 e. The van der Waals surface area contributed by atoms with Crippen molar-refractivity contribution in [3.63, 3.8) is 0 Å². The molecule has 7 heteroatoms. The summed E-state index contributed by atoms with van der Waals surface area (Å²) in [6, 6.07) is 38.1. The Morgan fingerprint density at radius 2 is 1.47 bits per heavy atom. The Balaban J connectivity index is 1.48. The van der Waals surface area contributed by atoms with Crippen molar-refractivity contribution >= 4 is 33.4 Å². The highest BCUT2D eigenvalue weighted by Gasteiger charge is 2.32.